The van der Waals surface area contributed by atoms with Crippen LogP contribution in [0.4, 0.5) is 5.69 Å². The number of morpholine rings is 1. The predicted octanol–water partition coefficient (Wildman–Crippen LogP) is 2.93. The van der Waals surface area contributed by atoms with E-state index >= 15 is 0 Å². The lowest BCUT2D eigenvalue weighted by atomic mass is 9.96. The first-order valence-corrected chi connectivity index (χ1v) is 6.67. The van der Waals surface area contributed by atoms with E-state index in [9.17, 15) is 0 Å². The monoisotopic (exact) mass is 244 g/mol. The fraction of sp³-hybridized carbons (Fsp3) is 0.533. The third-order valence-corrected chi connectivity index (χ3v) is 3.40. The van der Waals surface area contributed by atoms with Gasteiger partial charge in [0.25, 0.3) is 0 Å². The van der Waals surface area contributed by atoms with E-state index in [0.717, 1.165) is 44.7 Å². The molecule has 0 unspecified atom stereocenters. The van der Waals surface area contributed by atoms with Gasteiger partial charge in [-0.25, -0.2) is 0 Å². The van der Waals surface area contributed by atoms with Gasteiger partial charge in [-0.05, 0) is 24.1 Å². The lowest BCUT2D eigenvalue weighted by Gasteiger charge is -2.29. The van der Waals surface area contributed by atoms with Crippen molar-refractivity contribution in [3.8, 4) is 6.07 Å². The van der Waals surface area contributed by atoms with Crippen molar-refractivity contribution in [3.63, 3.8) is 0 Å². The van der Waals surface area contributed by atoms with E-state index in [1.165, 1.54) is 5.69 Å². The Morgan fingerprint density at radius 3 is 2.50 bits per heavy atom. The fourth-order valence-electron chi connectivity index (χ4n) is 2.33. The highest BCUT2D eigenvalue weighted by atomic mass is 16.5. The minimum atomic E-state index is 0.0359. The Kier molecular flexibility index (Phi) is 4.60. The van der Waals surface area contributed by atoms with Gasteiger partial charge < -0.3 is 9.64 Å². The molecule has 18 heavy (non-hydrogen) atoms. The van der Waals surface area contributed by atoms with Crippen LogP contribution < -0.4 is 4.90 Å². The molecule has 3 heteroatoms. The van der Waals surface area contributed by atoms with E-state index in [2.05, 4.69) is 42.2 Å². The van der Waals surface area contributed by atoms with Gasteiger partial charge >= 0.3 is 0 Å². The molecule has 0 amide bonds. The molecule has 1 saturated heterocycles. The fourth-order valence-corrected chi connectivity index (χ4v) is 2.33. The van der Waals surface area contributed by atoms with Gasteiger partial charge in [-0.15, -0.1) is 0 Å². The van der Waals surface area contributed by atoms with Gasteiger partial charge in [0.05, 0.1) is 25.2 Å². The molecule has 1 heterocycles. The number of nitrogens with zero attached hydrogens (tertiary/aromatic N) is 2. The van der Waals surface area contributed by atoms with E-state index in [0.29, 0.717) is 0 Å². The number of rotatable bonds is 4. The molecule has 2 rings (SSSR count). The average molecular weight is 244 g/mol. The molecular weight excluding hydrogens is 224 g/mol. The molecule has 0 aromatic heterocycles. The van der Waals surface area contributed by atoms with Gasteiger partial charge in [-0.1, -0.05) is 25.5 Å². The van der Waals surface area contributed by atoms with Crippen molar-refractivity contribution in [3.05, 3.63) is 29.8 Å². The highest BCUT2D eigenvalue weighted by Crippen LogP contribution is 2.24. The van der Waals surface area contributed by atoms with Crippen LogP contribution in [0.2, 0.25) is 0 Å². The van der Waals surface area contributed by atoms with Crippen molar-refractivity contribution in [1.29, 1.82) is 5.26 Å². The Labute approximate surface area is 109 Å². The van der Waals surface area contributed by atoms with Gasteiger partial charge in [0.2, 0.25) is 0 Å². The van der Waals surface area contributed by atoms with Crippen LogP contribution in [0.5, 0.6) is 0 Å². The summed E-state index contributed by atoms with van der Waals surface area (Å²) < 4.78 is 5.35. The minimum Gasteiger partial charge on any atom is -0.378 e. The van der Waals surface area contributed by atoms with E-state index in [1.807, 2.05) is 0 Å². The molecule has 1 aromatic carbocycles. The van der Waals surface area contributed by atoms with Crippen LogP contribution in [-0.2, 0) is 4.74 Å². The Morgan fingerprint density at radius 2 is 1.94 bits per heavy atom. The summed E-state index contributed by atoms with van der Waals surface area (Å²) in [4.78, 5) is 2.33. The molecule has 0 spiro atoms. The van der Waals surface area contributed by atoms with Gasteiger partial charge in [-0.2, -0.15) is 5.26 Å². The first-order chi connectivity index (χ1) is 8.85. The summed E-state index contributed by atoms with van der Waals surface area (Å²) in [5.74, 6) is 0.0359. The third-order valence-electron chi connectivity index (χ3n) is 3.40. The number of benzene rings is 1. The van der Waals surface area contributed by atoms with Crippen LogP contribution in [0, 0.1) is 11.3 Å². The highest BCUT2D eigenvalue weighted by Gasteiger charge is 2.13. The normalized spacial score (nSPS) is 17.2. The standard InChI is InChI=1S/C15H20N2O/c1-2-3-14(12-16)13-4-6-15(7-5-13)17-8-10-18-11-9-17/h4-7,14H,2-3,8-11H2,1H3/t14-/m0/s1. The molecular formula is C15H20N2O. The molecule has 1 aromatic rings. The quantitative estimate of drug-likeness (QED) is 0.817. The average Bonchev–Trinajstić information content (AvgIpc) is 2.46. The van der Waals surface area contributed by atoms with Crippen molar-refractivity contribution in [1.82, 2.24) is 0 Å². The summed E-state index contributed by atoms with van der Waals surface area (Å²) in [6, 6.07) is 10.8. The van der Waals surface area contributed by atoms with Crippen LogP contribution in [0.25, 0.3) is 0 Å². The maximum Gasteiger partial charge on any atom is 0.0712 e. The first kappa shape index (κ1) is 12.9. The van der Waals surface area contributed by atoms with Crippen molar-refractivity contribution in [2.24, 2.45) is 0 Å². The molecule has 0 radical (unpaired) electrons. The summed E-state index contributed by atoms with van der Waals surface area (Å²) in [6.45, 7) is 5.63. The zero-order chi connectivity index (χ0) is 12.8. The second kappa shape index (κ2) is 6.42. The molecule has 1 aliphatic heterocycles. The molecule has 1 aliphatic rings. The molecule has 3 nitrogen and oxygen atoms in total. The second-order valence-corrected chi connectivity index (χ2v) is 4.66. The lowest BCUT2D eigenvalue weighted by Crippen LogP contribution is -2.36. The van der Waals surface area contributed by atoms with Crippen LogP contribution in [0.15, 0.2) is 24.3 Å². The van der Waals surface area contributed by atoms with E-state index in [1.54, 1.807) is 0 Å². The Hall–Kier alpha value is -1.53. The van der Waals surface area contributed by atoms with Gasteiger partial charge in [-0.3, -0.25) is 0 Å². The van der Waals surface area contributed by atoms with Gasteiger partial charge in [0, 0.05) is 18.8 Å². The predicted molar refractivity (Wildman–Crippen MR) is 72.7 cm³/mol. The van der Waals surface area contributed by atoms with E-state index < -0.39 is 0 Å². The van der Waals surface area contributed by atoms with E-state index in [4.69, 9.17) is 10.00 Å². The van der Waals surface area contributed by atoms with Crippen LogP contribution in [-0.4, -0.2) is 26.3 Å². The van der Waals surface area contributed by atoms with Crippen LogP contribution in [0.1, 0.15) is 31.2 Å². The molecule has 1 fully saturated rings. The first-order valence-electron chi connectivity index (χ1n) is 6.67. The maximum absolute atomic E-state index is 9.15. The van der Waals surface area contributed by atoms with Crippen molar-refractivity contribution in [2.75, 3.05) is 31.2 Å². The largest absolute Gasteiger partial charge is 0.378 e. The molecule has 0 bridgehead atoms. The molecule has 1 atom stereocenters. The number of hydrogen-bond acceptors (Lipinski definition) is 3. The third kappa shape index (κ3) is 3.02. The van der Waals surface area contributed by atoms with Crippen LogP contribution in [0.3, 0.4) is 0 Å². The zero-order valence-corrected chi connectivity index (χ0v) is 10.9. The Morgan fingerprint density at radius 1 is 1.28 bits per heavy atom. The van der Waals surface area contributed by atoms with Gasteiger partial charge in [0.1, 0.15) is 0 Å². The summed E-state index contributed by atoms with van der Waals surface area (Å²) in [6.07, 6.45) is 1.98. The molecule has 0 N–H and O–H groups in total. The molecule has 0 saturated carbocycles. The Bertz CT molecular complexity index is 401. The number of ether oxygens (including phenoxy) is 1. The summed E-state index contributed by atoms with van der Waals surface area (Å²) >= 11 is 0. The number of nitriles is 1. The minimum absolute atomic E-state index is 0.0359. The summed E-state index contributed by atoms with van der Waals surface area (Å²) in [7, 11) is 0. The maximum atomic E-state index is 9.15. The second-order valence-electron chi connectivity index (χ2n) is 4.66. The smallest absolute Gasteiger partial charge is 0.0712 e. The van der Waals surface area contributed by atoms with Crippen molar-refractivity contribution < 1.29 is 4.74 Å². The van der Waals surface area contributed by atoms with Gasteiger partial charge in [0.15, 0.2) is 0 Å². The topological polar surface area (TPSA) is 36.3 Å². The SMILES string of the molecule is CCC[C@@H](C#N)c1ccc(N2CCOCC2)cc1. The number of hydrogen-bond donors (Lipinski definition) is 0. The molecule has 0 aliphatic carbocycles. The van der Waals surface area contributed by atoms with E-state index in [-0.39, 0.29) is 5.92 Å². The summed E-state index contributed by atoms with van der Waals surface area (Å²) in [5.41, 5.74) is 2.37. The zero-order valence-electron chi connectivity index (χ0n) is 10.9. The Balaban J connectivity index is 2.06. The summed E-state index contributed by atoms with van der Waals surface area (Å²) in [5, 5.41) is 9.15. The van der Waals surface area contributed by atoms with Crippen molar-refractivity contribution in [2.45, 2.75) is 25.7 Å². The molecule has 96 valence electrons. The van der Waals surface area contributed by atoms with Crippen LogP contribution >= 0.6 is 0 Å². The highest BCUT2D eigenvalue weighted by molar-refractivity contribution is 5.48. The lowest BCUT2D eigenvalue weighted by molar-refractivity contribution is 0.122. The van der Waals surface area contributed by atoms with Crippen molar-refractivity contribution >= 4 is 5.69 Å². The number of anilines is 1.